The summed E-state index contributed by atoms with van der Waals surface area (Å²) in [5.41, 5.74) is 7.46. The number of pyridine rings is 1. The van der Waals surface area contributed by atoms with E-state index in [-0.39, 0.29) is 28.4 Å². The maximum Gasteiger partial charge on any atom is 0.416 e. The molecule has 2 fully saturated rings. The molecule has 2 saturated carbocycles. The summed E-state index contributed by atoms with van der Waals surface area (Å²) < 4.78 is 41.3. The van der Waals surface area contributed by atoms with E-state index in [1.807, 2.05) is 13.1 Å². The van der Waals surface area contributed by atoms with Crippen LogP contribution in [0.5, 0.6) is 0 Å². The summed E-state index contributed by atoms with van der Waals surface area (Å²) in [4.78, 5) is 37.8. The van der Waals surface area contributed by atoms with Crippen molar-refractivity contribution >= 4 is 34.5 Å². The molecule has 1 aromatic carbocycles. The number of anilines is 2. The van der Waals surface area contributed by atoms with Crippen molar-refractivity contribution in [3.05, 3.63) is 78.4 Å². The van der Waals surface area contributed by atoms with Gasteiger partial charge >= 0.3 is 6.18 Å². The third-order valence-electron chi connectivity index (χ3n) is 8.42. The van der Waals surface area contributed by atoms with Crippen molar-refractivity contribution in [2.75, 3.05) is 11.1 Å². The van der Waals surface area contributed by atoms with Crippen molar-refractivity contribution in [1.82, 2.24) is 24.8 Å². The van der Waals surface area contributed by atoms with E-state index in [0.29, 0.717) is 16.9 Å². The van der Waals surface area contributed by atoms with Crippen molar-refractivity contribution in [3.8, 4) is 11.1 Å². The first-order chi connectivity index (χ1) is 20.0. The molecule has 0 unspecified atom stereocenters. The third kappa shape index (κ3) is 4.76. The van der Waals surface area contributed by atoms with Crippen molar-refractivity contribution in [1.29, 1.82) is 0 Å². The Morgan fingerprint density at radius 2 is 1.79 bits per heavy atom. The summed E-state index contributed by atoms with van der Waals surface area (Å²) in [6.07, 6.45) is 7.42. The van der Waals surface area contributed by atoms with Gasteiger partial charge in [0, 0.05) is 34.6 Å². The number of nitrogens with one attached hydrogen (secondary N) is 2. The second-order valence-corrected chi connectivity index (χ2v) is 11.0. The van der Waals surface area contributed by atoms with Crippen LogP contribution in [0.25, 0.3) is 22.2 Å². The summed E-state index contributed by atoms with van der Waals surface area (Å²) in [5, 5.41) is 6.34. The molecular formula is C30H28F3N7O2. The zero-order valence-electron chi connectivity index (χ0n) is 22.7. The van der Waals surface area contributed by atoms with Gasteiger partial charge in [0.15, 0.2) is 0 Å². The predicted molar refractivity (Wildman–Crippen MR) is 151 cm³/mol. The minimum absolute atomic E-state index is 0.0900. The SMILES string of the molecule is CC=CC(=O)NC12CCC(n3cc(-c4ccc(C(=O)Nc5cc(C(F)(F)F)ccn5)cc4)c4c(N)ncnc43)(CC1)C2. The average molecular weight is 576 g/mol. The molecule has 2 aliphatic carbocycles. The van der Waals surface area contributed by atoms with Gasteiger partial charge in [0.1, 0.15) is 23.6 Å². The van der Waals surface area contributed by atoms with Gasteiger partial charge in [-0.2, -0.15) is 13.2 Å². The number of halogens is 3. The van der Waals surface area contributed by atoms with Gasteiger partial charge in [-0.15, -0.1) is 0 Å². The molecule has 4 aromatic rings. The van der Waals surface area contributed by atoms with Crippen LogP contribution in [0.3, 0.4) is 0 Å². The number of nitrogens with zero attached hydrogens (tertiary/aromatic N) is 4. The van der Waals surface area contributed by atoms with Crippen molar-refractivity contribution < 1.29 is 22.8 Å². The molecule has 0 radical (unpaired) electrons. The number of aromatic nitrogens is 4. The van der Waals surface area contributed by atoms with Gasteiger partial charge in [0.2, 0.25) is 5.91 Å². The summed E-state index contributed by atoms with van der Waals surface area (Å²) in [5.74, 6) is -0.554. The van der Waals surface area contributed by atoms with Gasteiger partial charge < -0.3 is 20.9 Å². The fourth-order valence-electron chi connectivity index (χ4n) is 6.46. The van der Waals surface area contributed by atoms with Crippen LogP contribution in [0.15, 0.2) is 67.3 Å². The van der Waals surface area contributed by atoms with Gasteiger partial charge in [0.25, 0.3) is 5.91 Å². The number of fused-ring (bicyclic) bond motifs is 3. The van der Waals surface area contributed by atoms with Crippen molar-refractivity contribution in [2.24, 2.45) is 0 Å². The highest BCUT2D eigenvalue weighted by Gasteiger charge is 2.56. The highest BCUT2D eigenvalue weighted by Crippen LogP contribution is 2.56. The molecule has 2 aliphatic rings. The lowest BCUT2D eigenvalue weighted by Gasteiger charge is -2.29. The van der Waals surface area contributed by atoms with Crippen LogP contribution in [-0.2, 0) is 16.5 Å². The van der Waals surface area contributed by atoms with E-state index in [1.54, 1.807) is 36.4 Å². The Hall–Kier alpha value is -4.74. The number of alkyl halides is 3. The van der Waals surface area contributed by atoms with E-state index >= 15 is 0 Å². The number of amides is 2. The van der Waals surface area contributed by atoms with Crippen LogP contribution in [0.2, 0.25) is 0 Å². The lowest BCUT2D eigenvalue weighted by Crippen LogP contribution is -2.44. The molecule has 4 N–H and O–H groups in total. The summed E-state index contributed by atoms with van der Waals surface area (Å²) in [6.45, 7) is 1.81. The van der Waals surface area contributed by atoms with Crippen LogP contribution in [-0.4, -0.2) is 36.9 Å². The number of benzene rings is 1. The third-order valence-corrected chi connectivity index (χ3v) is 8.42. The Kier molecular flexibility index (Phi) is 6.51. The Morgan fingerprint density at radius 1 is 1.05 bits per heavy atom. The number of allylic oxidation sites excluding steroid dienone is 1. The average Bonchev–Trinajstić information content (AvgIpc) is 3.64. The van der Waals surface area contributed by atoms with Crippen molar-refractivity contribution in [3.63, 3.8) is 0 Å². The molecule has 216 valence electrons. The number of hydrogen-bond donors (Lipinski definition) is 3. The van der Waals surface area contributed by atoms with Gasteiger partial charge in [-0.05, 0) is 74.9 Å². The second kappa shape index (κ2) is 9.97. The topological polar surface area (TPSA) is 128 Å². The molecule has 3 aromatic heterocycles. The van der Waals surface area contributed by atoms with Gasteiger partial charge in [-0.25, -0.2) is 15.0 Å². The molecular weight excluding hydrogens is 547 g/mol. The van der Waals surface area contributed by atoms with Gasteiger partial charge in [-0.3, -0.25) is 9.59 Å². The smallest absolute Gasteiger partial charge is 0.383 e. The highest BCUT2D eigenvalue weighted by atomic mass is 19.4. The monoisotopic (exact) mass is 575 g/mol. The van der Waals surface area contributed by atoms with E-state index in [1.165, 1.54) is 6.33 Å². The number of hydrogen-bond acceptors (Lipinski definition) is 6. The zero-order chi connectivity index (χ0) is 29.7. The molecule has 3 heterocycles. The minimum atomic E-state index is -4.55. The normalized spacial score (nSPS) is 21.7. The Labute approximate surface area is 239 Å². The number of carbonyl (C=O) groups excluding carboxylic acids is 2. The second-order valence-electron chi connectivity index (χ2n) is 11.0. The Balaban J connectivity index is 1.29. The van der Waals surface area contributed by atoms with E-state index < -0.39 is 17.6 Å². The van der Waals surface area contributed by atoms with Crippen LogP contribution >= 0.6 is 0 Å². The summed E-state index contributed by atoms with van der Waals surface area (Å²) in [6, 6.07) is 8.31. The maximum atomic E-state index is 13.0. The lowest BCUT2D eigenvalue weighted by atomic mass is 9.91. The largest absolute Gasteiger partial charge is 0.416 e. The number of nitrogen functional groups attached to an aromatic ring is 1. The molecule has 0 atom stereocenters. The Morgan fingerprint density at radius 3 is 2.48 bits per heavy atom. The molecule has 42 heavy (non-hydrogen) atoms. The van der Waals surface area contributed by atoms with E-state index in [0.717, 1.165) is 61.6 Å². The lowest BCUT2D eigenvalue weighted by molar-refractivity contribution is -0.137. The van der Waals surface area contributed by atoms with Crippen molar-refractivity contribution in [2.45, 2.75) is 56.3 Å². The summed E-state index contributed by atoms with van der Waals surface area (Å²) in [7, 11) is 0. The first-order valence-electron chi connectivity index (χ1n) is 13.5. The molecule has 9 nitrogen and oxygen atoms in total. The molecule has 0 saturated heterocycles. The molecule has 2 bridgehead atoms. The van der Waals surface area contributed by atoms with E-state index in [9.17, 15) is 22.8 Å². The molecule has 12 heteroatoms. The van der Waals surface area contributed by atoms with Crippen LogP contribution in [0.4, 0.5) is 24.8 Å². The Bertz CT molecular complexity index is 1720. The molecule has 0 aliphatic heterocycles. The number of carbonyl (C=O) groups is 2. The van der Waals surface area contributed by atoms with Gasteiger partial charge in [-0.1, -0.05) is 18.2 Å². The van der Waals surface area contributed by atoms with Crippen LogP contribution in [0, 0.1) is 0 Å². The number of nitrogens with two attached hydrogens (primary N) is 1. The van der Waals surface area contributed by atoms with Gasteiger partial charge in [0.05, 0.1) is 10.9 Å². The molecule has 0 spiro atoms. The van der Waals surface area contributed by atoms with E-state index in [2.05, 4.69) is 30.2 Å². The first-order valence-corrected chi connectivity index (χ1v) is 13.5. The first kappa shape index (κ1) is 27.4. The van der Waals surface area contributed by atoms with Crippen LogP contribution < -0.4 is 16.4 Å². The maximum absolute atomic E-state index is 13.0. The quantitative estimate of drug-likeness (QED) is 0.262. The molecule has 6 rings (SSSR count). The summed E-state index contributed by atoms with van der Waals surface area (Å²) >= 11 is 0. The predicted octanol–water partition coefficient (Wildman–Crippen LogP) is 5.45. The fourth-order valence-corrected chi connectivity index (χ4v) is 6.46. The van der Waals surface area contributed by atoms with Crippen LogP contribution in [0.1, 0.15) is 54.9 Å². The zero-order valence-corrected chi connectivity index (χ0v) is 22.7. The minimum Gasteiger partial charge on any atom is -0.383 e. The standard InChI is InChI=1S/C30H28F3N7O2/c1-2-3-23(41)39-28-9-11-29(16-28,12-10-28)40-15-21(24-25(34)36-17-37-26(24)40)18-4-6-19(7-5-18)27(42)38-22-14-20(8-13-35-22)30(31,32)33/h2-8,13-15,17H,9-12,16H2,1H3,(H,39,41)(H2,34,36,37)(H,35,38,42). The fraction of sp³-hybridized carbons (Fsp3) is 0.300. The molecule has 2 amide bonds. The van der Waals surface area contributed by atoms with E-state index in [4.69, 9.17) is 5.73 Å². The number of rotatable bonds is 6. The highest BCUT2D eigenvalue weighted by molar-refractivity contribution is 6.05.